The molecule has 0 aromatic heterocycles. The number of benzene rings is 3. The molecule has 1 aliphatic heterocycles. The molecule has 1 unspecified atom stereocenters. The quantitative estimate of drug-likeness (QED) is 0.175. The first kappa shape index (κ1) is 24.1. The second-order valence-electron chi connectivity index (χ2n) is 7.98. The lowest BCUT2D eigenvalue weighted by atomic mass is 9.94. The van der Waals surface area contributed by atoms with E-state index in [1.54, 1.807) is 42.5 Å². The van der Waals surface area contributed by atoms with Crippen LogP contribution in [0.25, 0.3) is 5.76 Å². The molecule has 0 spiro atoms. The second kappa shape index (κ2) is 9.71. The third-order valence-corrected chi connectivity index (χ3v) is 5.63. The normalized spacial score (nSPS) is 16.6. The highest BCUT2D eigenvalue weighted by Gasteiger charge is 2.47. The number of hydrogen-bond acceptors (Lipinski definition) is 7. The van der Waals surface area contributed by atoms with Gasteiger partial charge in [0.15, 0.2) is 0 Å². The zero-order valence-electron chi connectivity index (χ0n) is 19.3. The van der Waals surface area contributed by atoms with Gasteiger partial charge in [-0.25, -0.2) is 0 Å². The van der Waals surface area contributed by atoms with Crippen molar-refractivity contribution >= 4 is 40.4 Å². The molecule has 1 saturated heterocycles. The van der Waals surface area contributed by atoms with Crippen LogP contribution < -0.4 is 15.0 Å². The molecule has 10 nitrogen and oxygen atoms in total. The molecule has 4 rings (SSSR count). The number of nitro benzene ring substituents is 1. The number of non-ortho nitro benzene ring substituents is 1. The van der Waals surface area contributed by atoms with Crippen molar-refractivity contribution in [1.82, 2.24) is 0 Å². The van der Waals surface area contributed by atoms with Gasteiger partial charge in [0.2, 0.25) is 5.91 Å². The van der Waals surface area contributed by atoms with E-state index < -0.39 is 28.4 Å². The summed E-state index contributed by atoms with van der Waals surface area (Å²) in [4.78, 5) is 50.0. The fourth-order valence-corrected chi connectivity index (χ4v) is 4.08. The van der Waals surface area contributed by atoms with Gasteiger partial charge in [0.1, 0.15) is 11.5 Å². The third-order valence-electron chi connectivity index (χ3n) is 5.63. The molecule has 182 valence electrons. The number of nitrogens with one attached hydrogen (secondary N) is 1. The fourth-order valence-electron chi connectivity index (χ4n) is 4.08. The van der Waals surface area contributed by atoms with Crippen molar-refractivity contribution in [3.05, 3.63) is 99.6 Å². The van der Waals surface area contributed by atoms with Crippen molar-refractivity contribution in [1.29, 1.82) is 0 Å². The Kier molecular flexibility index (Phi) is 6.51. The summed E-state index contributed by atoms with van der Waals surface area (Å²) in [5, 5.41) is 25.1. The molecule has 3 aromatic rings. The van der Waals surface area contributed by atoms with Gasteiger partial charge in [-0.15, -0.1) is 0 Å². The number of hydrogen-bond donors (Lipinski definition) is 2. The van der Waals surface area contributed by atoms with Crippen molar-refractivity contribution in [2.45, 2.75) is 13.0 Å². The SMILES string of the molecule is COc1cccc(C2/C(=C(/O)c3cccc([N+](=O)[O-])c3)C(=O)C(=O)N2c2cccc(NC(C)=O)c2)c1. The molecule has 0 bridgehead atoms. The van der Waals surface area contributed by atoms with Gasteiger partial charge in [-0.05, 0) is 35.9 Å². The van der Waals surface area contributed by atoms with E-state index in [0.29, 0.717) is 22.7 Å². The molecule has 0 aliphatic carbocycles. The first-order valence-corrected chi connectivity index (χ1v) is 10.8. The van der Waals surface area contributed by atoms with Crippen molar-refractivity contribution in [3.8, 4) is 5.75 Å². The molecule has 1 heterocycles. The van der Waals surface area contributed by atoms with Crippen LogP contribution in [-0.2, 0) is 14.4 Å². The number of nitrogens with zero attached hydrogens (tertiary/aromatic N) is 2. The summed E-state index contributed by atoms with van der Waals surface area (Å²) < 4.78 is 5.30. The van der Waals surface area contributed by atoms with Gasteiger partial charge in [-0.3, -0.25) is 29.4 Å². The van der Waals surface area contributed by atoms with Gasteiger partial charge in [0.25, 0.3) is 17.4 Å². The molecule has 36 heavy (non-hydrogen) atoms. The van der Waals surface area contributed by atoms with E-state index in [4.69, 9.17) is 4.74 Å². The zero-order chi connectivity index (χ0) is 26.0. The number of aliphatic hydroxyl groups is 1. The number of ketones is 1. The van der Waals surface area contributed by atoms with E-state index in [-0.39, 0.29) is 22.7 Å². The molecule has 3 aromatic carbocycles. The van der Waals surface area contributed by atoms with Crippen LogP contribution >= 0.6 is 0 Å². The first-order valence-electron chi connectivity index (χ1n) is 10.8. The lowest BCUT2D eigenvalue weighted by Gasteiger charge is -2.26. The van der Waals surface area contributed by atoms with Crippen LogP contribution in [0.2, 0.25) is 0 Å². The molecular weight excluding hydrogens is 466 g/mol. The molecule has 2 amide bonds. The van der Waals surface area contributed by atoms with Gasteiger partial charge in [-0.1, -0.05) is 30.3 Å². The average molecular weight is 487 g/mol. The van der Waals surface area contributed by atoms with Gasteiger partial charge >= 0.3 is 0 Å². The number of carbonyl (C=O) groups excluding carboxylic acids is 3. The lowest BCUT2D eigenvalue weighted by Crippen LogP contribution is -2.29. The number of methoxy groups -OCH3 is 1. The van der Waals surface area contributed by atoms with Crippen LogP contribution in [0.4, 0.5) is 17.1 Å². The summed E-state index contributed by atoms with van der Waals surface area (Å²) in [7, 11) is 1.47. The summed E-state index contributed by atoms with van der Waals surface area (Å²) >= 11 is 0. The van der Waals surface area contributed by atoms with Crippen molar-refractivity contribution in [3.63, 3.8) is 0 Å². The molecular formula is C26H21N3O7. The lowest BCUT2D eigenvalue weighted by molar-refractivity contribution is -0.384. The molecule has 10 heteroatoms. The van der Waals surface area contributed by atoms with Crippen LogP contribution in [0, 0.1) is 10.1 Å². The summed E-state index contributed by atoms with van der Waals surface area (Å²) in [6.07, 6.45) is 0. The topological polar surface area (TPSA) is 139 Å². The molecule has 0 radical (unpaired) electrons. The number of aliphatic hydroxyl groups excluding tert-OH is 1. The van der Waals surface area contributed by atoms with Gasteiger partial charge in [-0.2, -0.15) is 0 Å². The number of anilines is 2. The average Bonchev–Trinajstić information content (AvgIpc) is 3.13. The number of amides is 2. The van der Waals surface area contributed by atoms with E-state index >= 15 is 0 Å². The highest BCUT2D eigenvalue weighted by atomic mass is 16.6. The minimum absolute atomic E-state index is 0.0158. The number of rotatable bonds is 6. The number of carbonyl (C=O) groups is 3. The Bertz CT molecular complexity index is 1430. The zero-order valence-corrected chi connectivity index (χ0v) is 19.3. The van der Waals surface area contributed by atoms with E-state index in [9.17, 15) is 29.6 Å². The number of Topliss-reactive ketones (excluding diaryl/α,β-unsaturated/α-hetero) is 1. The summed E-state index contributed by atoms with van der Waals surface area (Å²) in [6.45, 7) is 1.34. The van der Waals surface area contributed by atoms with Crippen molar-refractivity contribution < 1.29 is 29.2 Å². The molecule has 1 fully saturated rings. The van der Waals surface area contributed by atoms with Crippen molar-refractivity contribution in [2.75, 3.05) is 17.3 Å². The smallest absolute Gasteiger partial charge is 0.300 e. The minimum Gasteiger partial charge on any atom is -0.507 e. The van der Waals surface area contributed by atoms with Gasteiger partial charge < -0.3 is 15.2 Å². The Morgan fingerprint density at radius 2 is 1.78 bits per heavy atom. The van der Waals surface area contributed by atoms with Crippen LogP contribution in [0.1, 0.15) is 24.1 Å². The van der Waals surface area contributed by atoms with Crippen LogP contribution in [0.3, 0.4) is 0 Å². The van der Waals surface area contributed by atoms with Crippen molar-refractivity contribution in [2.24, 2.45) is 0 Å². The Morgan fingerprint density at radius 3 is 2.47 bits per heavy atom. The highest BCUT2D eigenvalue weighted by Crippen LogP contribution is 2.43. The predicted octanol–water partition coefficient (Wildman–Crippen LogP) is 4.19. The molecule has 1 aliphatic rings. The molecule has 2 N–H and O–H groups in total. The van der Waals surface area contributed by atoms with E-state index in [1.165, 1.54) is 43.2 Å². The maximum atomic E-state index is 13.3. The Hall–Kier alpha value is -4.99. The van der Waals surface area contributed by atoms with Gasteiger partial charge in [0.05, 0.1) is 23.6 Å². The number of ether oxygens (including phenoxy) is 1. The third kappa shape index (κ3) is 4.51. The van der Waals surface area contributed by atoms with E-state index in [0.717, 1.165) is 6.07 Å². The summed E-state index contributed by atoms with van der Waals surface area (Å²) in [6, 6.07) is 17.1. The van der Waals surface area contributed by atoms with Crippen LogP contribution in [-0.4, -0.2) is 34.7 Å². The standard InChI is InChI=1S/C26H21N3O7/c1-15(30)27-18-8-5-9-19(14-18)28-23(16-6-4-11-21(13-16)36-2)22(25(32)26(28)33)24(31)17-7-3-10-20(12-17)29(34)35/h3-14,23,31H,1-2H3,(H,27,30)/b24-22-. The predicted molar refractivity (Wildman–Crippen MR) is 132 cm³/mol. The first-order chi connectivity index (χ1) is 17.2. The minimum atomic E-state index is -1.08. The second-order valence-corrected chi connectivity index (χ2v) is 7.98. The summed E-state index contributed by atoms with van der Waals surface area (Å²) in [5.41, 5.74) is 0.666. The highest BCUT2D eigenvalue weighted by molar-refractivity contribution is 6.51. The molecule has 1 atom stereocenters. The van der Waals surface area contributed by atoms with Crippen LogP contribution in [0.15, 0.2) is 78.4 Å². The van der Waals surface area contributed by atoms with E-state index in [1.807, 2.05) is 0 Å². The van der Waals surface area contributed by atoms with Crippen LogP contribution in [0.5, 0.6) is 5.75 Å². The largest absolute Gasteiger partial charge is 0.507 e. The Labute approximate surface area is 205 Å². The fraction of sp³-hybridized carbons (Fsp3) is 0.115. The monoisotopic (exact) mass is 487 g/mol. The Balaban J connectivity index is 1.94. The Morgan fingerprint density at radius 1 is 1.06 bits per heavy atom. The maximum absolute atomic E-state index is 13.3. The summed E-state index contributed by atoms with van der Waals surface area (Å²) in [5.74, 6) is -2.28. The maximum Gasteiger partial charge on any atom is 0.300 e. The molecule has 0 saturated carbocycles. The van der Waals surface area contributed by atoms with Gasteiger partial charge in [0, 0.05) is 36.0 Å². The van der Waals surface area contributed by atoms with E-state index in [2.05, 4.69) is 5.32 Å². The number of nitro groups is 1.